The van der Waals surface area contributed by atoms with Gasteiger partial charge in [0.05, 0.1) is 11.8 Å². The minimum atomic E-state index is -1.36. The second-order valence-electron chi connectivity index (χ2n) is 11.2. The summed E-state index contributed by atoms with van der Waals surface area (Å²) in [6.45, 7) is 4.88. The zero-order valence-electron chi connectivity index (χ0n) is 22.4. The molecule has 0 N–H and O–H groups in total. The molecule has 9 heteroatoms. The Morgan fingerprint density at radius 1 is 0.756 bits per heavy atom. The molecule has 0 aromatic heterocycles. The molecule has 0 spiro atoms. The molecule has 1 fully saturated rings. The van der Waals surface area contributed by atoms with Crippen molar-refractivity contribution >= 4 is 58.4 Å². The molecule has 1 aliphatic heterocycles. The third kappa shape index (κ3) is 3.77. The molecular weight excluding hydrogens is 585 g/mol. The molecule has 3 aromatic rings. The van der Waals surface area contributed by atoms with Gasteiger partial charge < -0.3 is 4.74 Å². The van der Waals surface area contributed by atoms with Crippen LogP contribution in [0.2, 0.25) is 5.02 Å². The Bertz CT molecular complexity index is 1500. The number of ether oxygens (including phenoxy) is 1. The van der Waals surface area contributed by atoms with Crippen LogP contribution in [0.3, 0.4) is 0 Å². The molecule has 3 aliphatic carbocycles. The minimum absolute atomic E-state index is 0.315. The van der Waals surface area contributed by atoms with Crippen molar-refractivity contribution in [3.05, 3.63) is 106 Å². The van der Waals surface area contributed by atoms with Gasteiger partial charge in [-0.1, -0.05) is 74.0 Å². The Labute approximate surface area is 252 Å². The third-order valence-electron chi connectivity index (χ3n) is 8.56. The van der Waals surface area contributed by atoms with E-state index in [-0.39, 0.29) is 0 Å². The summed E-state index contributed by atoms with van der Waals surface area (Å²) >= 11 is 20.9. The van der Waals surface area contributed by atoms with Gasteiger partial charge in [0.25, 0.3) is 0 Å². The maximum Gasteiger partial charge on any atom is 0.330 e. The lowest BCUT2D eigenvalue weighted by Gasteiger charge is -2.54. The number of carbonyl (C=O) groups excluding carboxylic acids is 4. The normalized spacial score (nSPS) is 27.2. The molecule has 1 saturated heterocycles. The second-order valence-corrected chi connectivity index (χ2v) is 12.8. The lowest BCUT2D eigenvalue weighted by atomic mass is 9.54. The molecule has 0 unspecified atom stereocenters. The SMILES string of the molecule is CC(C)[C@@H](C(=O)O[C@@H](C)C(=O)c1ccc(Cl)cc1)N1C(=O)[C@H]2[C@H](C1=O)C1(Cl)c3ccccc3C2(Cl)c2ccccc21. The molecule has 4 aliphatic rings. The average Bonchev–Trinajstić information content (AvgIpc) is 3.22. The van der Waals surface area contributed by atoms with Crippen LogP contribution < -0.4 is 0 Å². The second kappa shape index (κ2) is 9.69. The highest BCUT2D eigenvalue weighted by Crippen LogP contribution is 2.69. The van der Waals surface area contributed by atoms with Gasteiger partial charge in [0, 0.05) is 10.6 Å². The summed E-state index contributed by atoms with van der Waals surface area (Å²) in [5.74, 6) is -5.07. The van der Waals surface area contributed by atoms with E-state index in [1.807, 2.05) is 48.5 Å². The van der Waals surface area contributed by atoms with Crippen LogP contribution in [-0.2, 0) is 28.9 Å². The minimum Gasteiger partial charge on any atom is -0.453 e. The van der Waals surface area contributed by atoms with Crippen LogP contribution in [0.1, 0.15) is 53.4 Å². The summed E-state index contributed by atoms with van der Waals surface area (Å²) in [7, 11) is 0. The number of Topliss-reactive ketones (excluding diaryl/α,β-unsaturated/α-hetero) is 1. The first-order valence-electron chi connectivity index (χ1n) is 13.4. The molecule has 41 heavy (non-hydrogen) atoms. The van der Waals surface area contributed by atoms with E-state index in [0.717, 1.165) is 4.90 Å². The molecule has 0 radical (unpaired) electrons. The number of imide groups is 1. The van der Waals surface area contributed by atoms with E-state index in [1.54, 1.807) is 26.0 Å². The van der Waals surface area contributed by atoms with Gasteiger partial charge in [0.15, 0.2) is 6.10 Å². The number of carbonyl (C=O) groups is 4. The number of hydrogen-bond acceptors (Lipinski definition) is 5. The Balaban J connectivity index is 1.39. The van der Waals surface area contributed by atoms with Gasteiger partial charge in [0.1, 0.15) is 15.8 Å². The molecule has 210 valence electrons. The van der Waals surface area contributed by atoms with Gasteiger partial charge in [-0.3, -0.25) is 19.3 Å². The van der Waals surface area contributed by atoms with E-state index in [0.29, 0.717) is 32.8 Å². The van der Waals surface area contributed by atoms with E-state index < -0.39 is 63.2 Å². The van der Waals surface area contributed by atoms with Crippen molar-refractivity contribution in [3.8, 4) is 0 Å². The first-order chi connectivity index (χ1) is 19.4. The summed E-state index contributed by atoms with van der Waals surface area (Å²) in [6.07, 6.45) is -1.16. The lowest BCUT2D eigenvalue weighted by Crippen LogP contribution is -2.57. The van der Waals surface area contributed by atoms with Crippen molar-refractivity contribution in [2.24, 2.45) is 17.8 Å². The molecule has 2 bridgehead atoms. The van der Waals surface area contributed by atoms with Gasteiger partial charge in [-0.25, -0.2) is 4.79 Å². The van der Waals surface area contributed by atoms with Crippen LogP contribution in [-0.4, -0.2) is 40.6 Å². The first-order valence-corrected chi connectivity index (χ1v) is 14.5. The Hall–Kier alpha value is -3.19. The highest BCUT2D eigenvalue weighted by Gasteiger charge is 2.74. The van der Waals surface area contributed by atoms with Crippen molar-refractivity contribution in [2.75, 3.05) is 0 Å². The fourth-order valence-corrected chi connectivity index (χ4v) is 8.01. The van der Waals surface area contributed by atoms with Crippen LogP contribution >= 0.6 is 34.8 Å². The topological polar surface area (TPSA) is 80.8 Å². The largest absolute Gasteiger partial charge is 0.453 e. The standard InChI is InChI=1S/C32H26Cl3NO5/c1-16(2)26(30(40)41-17(3)27(37)18-12-14-19(33)15-13-18)36-28(38)24-25(29(36)39)32(35)21-9-5-4-8-20(21)31(24,34)22-10-6-7-11-23(22)32/h4-17,24-26H,1-3H3/t17-,24+,25+,26-,31?,32?/m0/s1. The van der Waals surface area contributed by atoms with Crippen molar-refractivity contribution in [1.82, 2.24) is 4.90 Å². The van der Waals surface area contributed by atoms with Crippen molar-refractivity contribution in [2.45, 2.75) is 42.7 Å². The van der Waals surface area contributed by atoms with E-state index in [2.05, 4.69) is 0 Å². The highest BCUT2D eigenvalue weighted by molar-refractivity contribution is 6.36. The third-order valence-corrected chi connectivity index (χ3v) is 10.1. The van der Waals surface area contributed by atoms with Gasteiger partial charge in [0.2, 0.25) is 17.6 Å². The number of benzene rings is 3. The number of nitrogens with zero attached hydrogens (tertiary/aromatic N) is 1. The van der Waals surface area contributed by atoms with E-state index in [4.69, 9.17) is 39.5 Å². The summed E-state index contributed by atoms with van der Waals surface area (Å²) < 4.78 is 5.59. The average molecular weight is 611 g/mol. The van der Waals surface area contributed by atoms with Crippen LogP contribution in [0.25, 0.3) is 0 Å². The molecule has 7 rings (SSSR count). The van der Waals surface area contributed by atoms with E-state index >= 15 is 0 Å². The number of likely N-dealkylation sites (tertiary alicyclic amines) is 1. The van der Waals surface area contributed by atoms with Crippen LogP contribution in [0, 0.1) is 17.8 Å². The van der Waals surface area contributed by atoms with Gasteiger partial charge >= 0.3 is 5.97 Å². The molecule has 1 heterocycles. The fourth-order valence-electron chi connectivity index (χ4n) is 6.78. The molecule has 6 nitrogen and oxygen atoms in total. The number of alkyl halides is 2. The Morgan fingerprint density at radius 2 is 1.17 bits per heavy atom. The van der Waals surface area contributed by atoms with Crippen molar-refractivity contribution in [1.29, 1.82) is 0 Å². The number of halogens is 3. The lowest BCUT2D eigenvalue weighted by molar-refractivity contribution is -0.162. The molecule has 2 amide bonds. The summed E-state index contributed by atoms with van der Waals surface area (Å²) in [6, 6.07) is 19.6. The number of ketones is 1. The number of amides is 2. The van der Waals surface area contributed by atoms with Crippen LogP contribution in [0.4, 0.5) is 0 Å². The number of esters is 1. The summed E-state index contributed by atoms with van der Waals surface area (Å²) in [5, 5.41) is 0.464. The number of rotatable bonds is 6. The molecule has 3 aromatic carbocycles. The Morgan fingerprint density at radius 3 is 1.56 bits per heavy atom. The van der Waals surface area contributed by atoms with E-state index in [1.165, 1.54) is 19.1 Å². The fraction of sp³-hybridized carbons (Fsp3) is 0.312. The van der Waals surface area contributed by atoms with Crippen LogP contribution in [0.5, 0.6) is 0 Å². The molecular formula is C32H26Cl3NO5. The molecule has 0 saturated carbocycles. The smallest absolute Gasteiger partial charge is 0.330 e. The maximum absolute atomic E-state index is 14.3. The zero-order valence-corrected chi connectivity index (χ0v) is 24.7. The monoisotopic (exact) mass is 609 g/mol. The maximum atomic E-state index is 14.3. The first kappa shape index (κ1) is 28.0. The van der Waals surface area contributed by atoms with Gasteiger partial charge in [-0.05, 0) is 59.4 Å². The van der Waals surface area contributed by atoms with Crippen LogP contribution in [0.15, 0.2) is 72.8 Å². The molecule has 4 atom stereocenters. The van der Waals surface area contributed by atoms with Gasteiger partial charge in [-0.15, -0.1) is 23.2 Å². The highest BCUT2D eigenvalue weighted by atomic mass is 35.5. The Kier molecular flexibility index (Phi) is 6.60. The zero-order chi connectivity index (χ0) is 29.4. The predicted octanol–water partition coefficient (Wildman–Crippen LogP) is 6.07. The predicted molar refractivity (Wildman–Crippen MR) is 155 cm³/mol. The van der Waals surface area contributed by atoms with E-state index in [9.17, 15) is 19.2 Å². The summed E-state index contributed by atoms with van der Waals surface area (Å²) in [4.78, 5) is 53.5. The van der Waals surface area contributed by atoms with Gasteiger partial charge in [-0.2, -0.15) is 0 Å². The van der Waals surface area contributed by atoms with Crippen molar-refractivity contribution < 1.29 is 23.9 Å². The quantitative estimate of drug-likeness (QED) is 0.146. The summed E-state index contributed by atoms with van der Waals surface area (Å²) in [5.41, 5.74) is 3.00. The number of hydrogen-bond donors (Lipinski definition) is 0. The van der Waals surface area contributed by atoms with Crippen molar-refractivity contribution in [3.63, 3.8) is 0 Å².